The van der Waals surface area contributed by atoms with Crippen molar-refractivity contribution in [2.45, 2.75) is 45.2 Å². The van der Waals surface area contributed by atoms with Crippen molar-refractivity contribution in [3.8, 4) is 0 Å². The van der Waals surface area contributed by atoms with E-state index in [0.717, 1.165) is 49.5 Å². The lowest BCUT2D eigenvalue weighted by Gasteiger charge is -2.20. The highest BCUT2D eigenvalue weighted by Gasteiger charge is 2.29. The van der Waals surface area contributed by atoms with E-state index in [4.69, 9.17) is 10.1 Å². The Morgan fingerprint density at radius 1 is 1.43 bits per heavy atom. The average Bonchev–Trinajstić information content (AvgIpc) is 3.09. The third-order valence-corrected chi connectivity index (χ3v) is 4.39. The highest BCUT2D eigenvalue weighted by Crippen LogP contribution is 2.30. The van der Waals surface area contributed by atoms with E-state index in [0.29, 0.717) is 12.0 Å². The highest BCUT2D eigenvalue weighted by molar-refractivity contribution is 5.71. The van der Waals surface area contributed by atoms with Crippen molar-refractivity contribution in [3.63, 3.8) is 0 Å². The van der Waals surface area contributed by atoms with Crippen molar-refractivity contribution >= 4 is 11.2 Å². The quantitative estimate of drug-likeness (QED) is 0.914. The van der Waals surface area contributed by atoms with Crippen molar-refractivity contribution < 1.29 is 5.11 Å². The number of rotatable bonds is 5. The lowest BCUT2D eigenvalue weighted by Crippen LogP contribution is -2.28. The third kappa shape index (κ3) is 2.80. The normalized spacial score (nSPS) is 19.9. The Morgan fingerprint density at radius 3 is 3.00 bits per heavy atom. The zero-order chi connectivity index (χ0) is 14.8. The fourth-order valence-corrected chi connectivity index (χ4v) is 3.20. The standard InChI is InChI=1S/C16H24N4O/c1-12(2)19-9-6-13(11-19)15-18-14-5-3-7-17-16(14)20(15)8-4-10-21/h3,5,7,12-13,21H,4,6,8-11H2,1-2H3. The van der Waals surface area contributed by atoms with Crippen LogP contribution in [0.25, 0.3) is 11.2 Å². The van der Waals surface area contributed by atoms with E-state index < -0.39 is 0 Å². The van der Waals surface area contributed by atoms with Gasteiger partial charge in [-0.25, -0.2) is 9.97 Å². The van der Waals surface area contributed by atoms with Crippen molar-refractivity contribution in [1.82, 2.24) is 19.4 Å². The van der Waals surface area contributed by atoms with Gasteiger partial charge in [-0.2, -0.15) is 0 Å². The molecule has 1 aliphatic heterocycles. The maximum atomic E-state index is 9.15. The Balaban J connectivity index is 1.93. The summed E-state index contributed by atoms with van der Waals surface area (Å²) < 4.78 is 2.21. The fourth-order valence-electron chi connectivity index (χ4n) is 3.20. The molecule has 114 valence electrons. The second kappa shape index (κ2) is 6.12. The van der Waals surface area contributed by atoms with Crippen LogP contribution in [0, 0.1) is 0 Å². The minimum absolute atomic E-state index is 0.203. The van der Waals surface area contributed by atoms with Crippen LogP contribution in [0.3, 0.4) is 0 Å². The highest BCUT2D eigenvalue weighted by atomic mass is 16.3. The molecule has 1 N–H and O–H groups in total. The van der Waals surface area contributed by atoms with E-state index in [1.165, 1.54) is 0 Å². The minimum atomic E-state index is 0.203. The molecule has 5 nitrogen and oxygen atoms in total. The number of fused-ring (bicyclic) bond motifs is 1. The van der Waals surface area contributed by atoms with E-state index in [9.17, 15) is 0 Å². The number of aliphatic hydroxyl groups excluding tert-OH is 1. The number of imidazole rings is 1. The van der Waals surface area contributed by atoms with E-state index in [1.54, 1.807) is 0 Å². The molecule has 5 heteroatoms. The summed E-state index contributed by atoms with van der Waals surface area (Å²) >= 11 is 0. The predicted molar refractivity (Wildman–Crippen MR) is 83.3 cm³/mol. The molecule has 2 aromatic heterocycles. The Hall–Kier alpha value is -1.46. The molecule has 0 spiro atoms. The average molecular weight is 288 g/mol. The predicted octanol–water partition coefficient (Wildman–Crippen LogP) is 2.01. The summed E-state index contributed by atoms with van der Waals surface area (Å²) in [5.41, 5.74) is 1.91. The molecule has 0 bridgehead atoms. The van der Waals surface area contributed by atoms with Gasteiger partial charge in [-0.05, 0) is 45.4 Å². The Labute approximate surface area is 125 Å². The summed E-state index contributed by atoms with van der Waals surface area (Å²) in [6.45, 7) is 7.70. The van der Waals surface area contributed by atoms with Crippen molar-refractivity contribution in [1.29, 1.82) is 0 Å². The summed E-state index contributed by atoms with van der Waals surface area (Å²) in [7, 11) is 0. The van der Waals surface area contributed by atoms with Crippen LogP contribution in [0.2, 0.25) is 0 Å². The van der Waals surface area contributed by atoms with Gasteiger partial charge < -0.3 is 14.6 Å². The van der Waals surface area contributed by atoms with Crippen molar-refractivity contribution in [3.05, 3.63) is 24.2 Å². The van der Waals surface area contributed by atoms with Crippen LogP contribution in [0.5, 0.6) is 0 Å². The smallest absolute Gasteiger partial charge is 0.159 e. The molecular formula is C16H24N4O. The zero-order valence-corrected chi connectivity index (χ0v) is 12.9. The second-order valence-electron chi connectivity index (χ2n) is 6.12. The number of aliphatic hydroxyl groups is 1. The molecule has 1 unspecified atom stereocenters. The number of aromatic nitrogens is 3. The summed E-state index contributed by atoms with van der Waals surface area (Å²) in [6.07, 6.45) is 3.72. The maximum Gasteiger partial charge on any atom is 0.159 e. The molecule has 1 saturated heterocycles. The molecule has 0 aliphatic carbocycles. The third-order valence-electron chi connectivity index (χ3n) is 4.39. The van der Waals surface area contributed by atoms with E-state index in [1.807, 2.05) is 18.3 Å². The lowest BCUT2D eigenvalue weighted by molar-refractivity contribution is 0.269. The van der Waals surface area contributed by atoms with Gasteiger partial charge in [0.2, 0.25) is 0 Å². The van der Waals surface area contributed by atoms with Gasteiger partial charge in [0.1, 0.15) is 11.3 Å². The first kappa shape index (κ1) is 14.5. The number of hydrogen-bond donors (Lipinski definition) is 1. The largest absolute Gasteiger partial charge is 0.396 e. The Kier molecular flexibility index (Phi) is 4.22. The molecule has 1 fully saturated rings. The van der Waals surface area contributed by atoms with E-state index in [2.05, 4.69) is 28.3 Å². The van der Waals surface area contributed by atoms with Gasteiger partial charge in [0, 0.05) is 37.9 Å². The maximum absolute atomic E-state index is 9.15. The van der Waals surface area contributed by atoms with Crippen LogP contribution in [0.15, 0.2) is 18.3 Å². The Bertz CT molecular complexity index is 607. The molecule has 2 aromatic rings. The minimum Gasteiger partial charge on any atom is -0.396 e. The molecule has 1 atom stereocenters. The number of pyridine rings is 1. The Morgan fingerprint density at radius 2 is 2.29 bits per heavy atom. The lowest BCUT2D eigenvalue weighted by atomic mass is 10.1. The first-order valence-electron chi connectivity index (χ1n) is 7.86. The van der Waals surface area contributed by atoms with Crippen LogP contribution >= 0.6 is 0 Å². The van der Waals surface area contributed by atoms with Gasteiger partial charge in [0.25, 0.3) is 0 Å². The first-order valence-corrected chi connectivity index (χ1v) is 7.86. The number of likely N-dealkylation sites (tertiary alicyclic amines) is 1. The van der Waals surface area contributed by atoms with Crippen molar-refractivity contribution in [2.75, 3.05) is 19.7 Å². The molecule has 1 aliphatic rings. The SMILES string of the molecule is CC(C)N1CCC(c2nc3cccnc3n2CCCO)C1. The monoisotopic (exact) mass is 288 g/mol. The van der Waals surface area contributed by atoms with Gasteiger partial charge in [-0.1, -0.05) is 0 Å². The number of nitrogens with zero attached hydrogens (tertiary/aromatic N) is 4. The summed E-state index contributed by atoms with van der Waals surface area (Å²) in [6, 6.07) is 4.55. The molecule has 21 heavy (non-hydrogen) atoms. The molecule has 3 rings (SSSR count). The molecule has 0 aromatic carbocycles. The molecule has 0 saturated carbocycles. The van der Waals surface area contributed by atoms with E-state index >= 15 is 0 Å². The van der Waals surface area contributed by atoms with Gasteiger partial charge in [0.15, 0.2) is 5.65 Å². The van der Waals surface area contributed by atoms with Crippen LogP contribution in [0.4, 0.5) is 0 Å². The summed E-state index contributed by atoms with van der Waals surface area (Å²) in [5.74, 6) is 1.61. The van der Waals surface area contributed by atoms with Gasteiger partial charge in [0.05, 0.1) is 0 Å². The van der Waals surface area contributed by atoms with Crippen molar-refractivity contribution in [2.24, 2.45) is 0 Å². The number of aryl methyl sites for hydroxylation is 1. The number of hydrogen-bond acceptors (Lipinski definition) is 4. The molecular weight excluding hydrogens is 264 g/mol. The second-order valence-corrected chi connectivity index (χ2v) is 6.12. The molecule has 3 heterocycles. The molecule has 0 amide bonds. The summed E-state index contributed by atoms with van der Waals surface area (Å²) in [4.78, 5) is 11.8. The van der Waals surface area contributed by atoms with E-state index in [-0.39, 0.29) is 6.61 Å². The summed E-state index contributed by atoms with van der Waals surface area (Å²) in [5, 5.41) is 9.15. The van der Waals surface area contributed by atoms with Crippen LogP contribution in [-0.4, -0.2) is 50.3 Å². The molecule has 0 radical (unpaired) electrons. The van der Waals surface area contributed by atoms with Gasteiger partial charge >= 0.3 is 0 Å². The zero-order valence-electron chi connectivity index (χ0n) is 12.9. The topological polar surface area (TPSA) is 54.2 Å². The fraction of sp³-hybridized carbons (Fsp3) is 0.625. The van der Waals surface area contributed by atoms with Crippen LogP contribution in [-0.2, 0) is 6.54 Å². The first-order chi connectivity index (χ1) is 10.2. The van der Waals surface area contributed by atoms with Crippen LogP contribution in [0.1, 0.15) is 38.4 Å². The van der Waals surface area contributed by atoms with Gasteiger partial charge in [-0.3, -0.25) is 0 Å². The van der Waals surface area contributed by atoms with Crippen LogP contribution < -0.4 is 0 Å². The van der Waals surface area contributed by atoms with Gasteiger partial charge in [-0.15, -0.1) is 0 Å².